The van der Waals surface area contributed by atoms with Crippen LogP contribution >= 0.6 is 7.85 Å². The summed E-state index contributed by atoms with van der Waals surface area (Å²) in [7, 11) is -7.13. The number of hydrogen-bond acceptors (Lipinski definition) is 0. The number of unbranched alkanes of at least 4 members (excludes halogenated alkanes) is 1. The molecule has 0 amide bonds. The van der Waals surface area contributed by atoms with Gasteiger partial charge in [0.2, 0.25) is 0 Å². The first-order valence-electron chi connectivity index (χ1n) is 2.70. The van der Waals surface area contributed by atoms with Crippen LogP contribution in [-0.2, 0) is 0 Å². The van der Waals surface area contributed by atoms with Crippen LogP contribution in [0.4, 0.5) is 16.8 Å². The van der Waals surface area contributed by atoms with E-state index in [1.54, 1.807) is 6.92 Å². The average Bonchev–Trinajstić information content (AvgIpc) is 1.57. The SMILES string of the molecule is CCCCP(F)(F)(F)F. The van der Waals surface area contributed by atoms with Gasteiger partial charge in [-0.2, -0.15) is 0 Å². The molecule has 0 spiro atoms. The maximum absolute atomic E-state index is 11.4. The van der Waals surface area contributed by atoms with Crippen LogP contribution in [-0.4, -0.2) is 6.16 Å². The fourth-order valence-corrected chi connectivity index (χ4v) is 1.19. The molecule has 0 bridgehead atoms. The molecule has 58 valence electrons. The quantitative estimate of drug-likeness (QED) is 0.438. The van der Waals surface area contributed by atoms with Crippen molar-refractivity contribution in [3.63, 3.8) is 0 Å². The summed E-state index contributed by atoms with van der Waals surface area (Å²) in [5.74, 6) is 0. The first-order chi connectivity index (χ1) is 3.81. The number of hydrogen-bond donors (Lipinski definition) is 0. The van der Waals surface area contributed by atoms with Gasteiger partial charge in [0.1, 0.15) is 0 Å². The van der Waals surface area contributed by atoms with E-state index in [-0.39, 0.29) is 6.42 Å². The van der Waals surface area contributed by atoms with Crippen molar-refractivity contribution in [1.82, 2.24) is 0 Å². The molecule has 0 N–H and O–H groups in total. The summed E-state index contributed by atoms with van der Waals surface area (Å²) in [6.45, 7) is 1.60. The molecule has 0 aliphatic heterocycles. The summed E-state index contributed by atoms with van der Waals surface area (Å²) in [6.07, 6.45) is -0.903. The molecule has 0 heterocycles. The van der Waals surface area contributed by atoms with Gasteiger partial charge in [-0.05, 0) is 0 Å². The second-order valence-corrected chi connectivity index (χ2v) is 4.11. The number of rotatable bonds is 3. The zero-order valence-electron chi connectivity index (χ0n) is 5.08. The van der Waals surface area contributed by atoms with E-state index in [0.717, 1.165) is 0 Å². The monoisotopic (exact) mass is 164 g/mol. The average molecular weight is 164 g/mol. The summed E-state index contributed by atoms with van der Waals surface area (Å²) in [6, 6.07) is 0. The Morgan fingerprint density at radius 2 is 1.56 bits per heavy atom. The van der Waals surface area contributed by atoms with E-state index in [1.807, 2.05) is 0 Å². The first kappa shape index (κ1) is 9.15. The van der Waals surface area contributed by atoms with Crippen LogP contribution in [0.25, 0.3) is 0 Å². The van der Waals surface area contributed by atoms with Crippen molar-refractivity contribution < 1.29 is 16.8 Å². The van der Waals surface area contributed by atoms with Crippen molar-refractivity contribution in [2.75, 3.05) is 6.16 Å². The minimum absolute atomic E-state index is 0.0855. The summed E-state index contributed by atoms with van der Waals surface area (Å²) in [5, 5.41) is 0. The molecular formula is C4H9F4P. The normalized spacial score (nSPS) is 16.8. The predicted molar refractivity (Wildman–Crippen MR) is 31.1 cm³/mol. The van der Waals surface area contributed by atoms with Crippen LogP contribution in [0.1, 0.15) is 19.8 Å². The third-order valence-corrected chi connectivity index (χ3v) is 1.84. The molecule has 0 aromatic rings. The van der Waals surface area contributed by atoms with E-state index >= 15 is 0 Å². The maximum atomic E-state index is 11.4. The van der Waals surface area contributed by atoms with E-state index in [0.29, 0.717) is 6.42 Å². The minimum atomic E-state index is -7.13. The summed E-state index contributed by atoms with van der Waals surface area (Å²) in [4.78, 5) is 0. The van der Waals surface area contributed by atoms with Gasteiger partial charge in [-0.1, -0.05) is 0 Å². The Hall–Kier alpha value is 0.150. The molecule has 0 aromatic carbocycles. The van der Waals surface area contributed by atoms with Gasteiger partial charge in [-0.3, -0.25) is 0 Å². The third-order valence-electron chi connectivity index (χ3n) is 0.850. The van der Waals surface area contributed by atoms with Crippen molar-refractivity contribution >= 4 is 7.85 Å². The Morgan fingerprint density at radius 1 is 1.11 bits per heavy atom. The second kappa shape index (κ2) is 2.41. The Kier molecular flexibility index (Phi) is 2.45. The molecule has 0 saturated heterocycles. The van der Waals surface area contributed by atoms with Gasteiger partial charge < -0.3 is 0 Å². The van der Waals surface area contributed by atoms with Gasteiger partial charge in [-0.25, -0.2) is 0 Å². The van der Waals surface area contributed by atoms with Crippen LogP contribution < -0.4 is 0 Å². The van der Waals surface area contributed by atoms with E-state index < -0.39 is 14.0 Å². The van der Waals surface area contributed by atoms with Gasteiger partial charge in [0.25, 0.3) is 0 Å². The molecular weight excluding hydrogens is 155 g/mol. The summed E-state index contributed by atoms with van der Waals surface area (Å²) < 4.78 is 45.6. The van der Waals surface area contributed by atoms with Gasteiger partial charge in [-0.15, -0.1) is 0 Å². The Bertz CT molecular complexity index is 85.2. The molecule has 0 unspecified atom stereocenters. The summed E-state index contributed by atoms with van der Waals surface area (Å²) in [5.41, 5.74) is 0. The Labute approximate surface area is 51.7 Å². The van der Waals surface area contributed by atoms with Crippen LogP contribution in [0.2, 0.25) is 0 Å². The fraction of sp³-hybridized carbons (Fsp3) is 1.00. The molecule has 9 heavy (non-hydrogen) atoms. The number of halogens is 4. The molecule has 0 aromatic heterocycles. The Morgan fingerprint density at radius 3 is 1.67 bits per heavy atom. The van der Waals surface area contributed by atoms with Gasteiger partial charge in [0.05, 0.1) is 0 Å². The standard InChI is InChI=1S/C4H9F4P/c1-2-3-4-9(5,6,7)8/h2-4H2,1H3. The van der Waals surface area contributed by atoms with Gasteiger partial charge in [0.15, 0.2) is 0 Å². The molecule has 0 nitrogen and oxygen atoms in total. The molecule has 0 fully saturated rings. The van der Waals surface area contributed by atoms with Crippen LogP contribution in [0.5, 0.6) is 0 Å². The van der Waals surface area contributed by atoms with Crippen LogP contribution in [0, 0.1) is 0 Å². The Balaban J connectivity index is 3.60. The molecule has 5 heteroatoms. The zero-order chi connectivity index (χ0) is 7.57. The molecule has 0 saturated carbocycles. The summed E-state index contributed by atoms with van der Waals surface area (Å²) >= 11 is 0. The fourth-order valence-electron chi connectivity index (χ4n) is 0.397. The van der Waals surface area contributed by atoms with Gasteiger partial charge in [0, 0.05) is 0 Å². The second-order valence-electron chi connectivity index (χ2n) is 1.94. The zero-order valence-corrected chi connectivity index (χ0v) is 5.97. The first-order valence-corrected chi connectivity index (χ1v) is 4.68. The van der Waals surface area contributed by atoms with E-state index in [9.17, 15) is 16.8 Å². The van der Waals surface area contributed by atoms with Crippen LogP contribution in [0.15, 0.2) is 0 Å². The van der Waals surface area contributed by atoms with Crippen molar-refractivity contribution in [3.8, 4) is 0 Å². The topological polar surface area (TPSA) is 0 Å². The van der Waals surface area contributed by atoms with E-state index in [2.05, 4.69) is 0 Å². The van der Waals surface area contributed by atoms with Crippen LogP contribution in [0.3, 0.4) is 0 Å². The molecule has 0 aliphatic carbocycles. The van der Waals surface area contributed by atoms with E-state index in [1.165, 1.54) is 0 Å². The third kappa shape index (κ3) is 8.15. The molecule has 0 aliphatic rings. The van der Waals surface area contributed by atoms with Crippen molar-refractivity contribution in [3.05, 3.63) is 0 Å². The van der Waals surface area contributed by atoms with Crippen molar-refractivity contribution in [2.24, 2.45) is 0 Å². The molecule has 0 rings (SSSR count). The molecule has 0 atom stereocenters. The predicted octanol–water partition coefficient (Wildman–Crippen LogP) is 3.88. The molecule has 0 radical (unpaired) electrons. The van der Waals surface area contributed by atoms with E-state index in [4.69, 9.17) is 0 Å². The van der Waals surface area contributed by atoms with Gasteiger partial charge >= 0.3 is 50.6 Å². The van der Waals surface area contributed by atoms with Crippen molar-refractivity contribution in [2.45, 2.75) is 19.8 Å². The van der Waals surface area contributed by atoms with Crippen molar-refractivity contribution in [1.29, 1.82) is 0 Å².